The average Bonchev–Trinajstić information content (AvgIpc) is 3.01. The van der Waals surface area contributed by atoms with E-state index in [-0.39, 0.29) is 40.9 Å². The van der Waals surface area contributed by atoms with Gasteiger partial charge in [-0.2, -0.15) is 0 Å². The molecule has 6 heteroatoms. The minimum atomic E-state index is -1.36. The number of aromatic carboxylic acids is 1. The number of imidazole rings is 1. The van der Waals surface area contributed by atoms with Gasteiger partial charge in [0.1, 0.15) is 11.5 Å². The van der Waals surface area contributed by atoms with Gasteiger partial charge in [0.25, 0.3) is 0 Å². The maximum Gasteiger partial charge on any atom is 1.00 e. The molecular formula is C12H10FN2NaO2. The number of rotatable bonds is 3. The molecule has 0 saturated heterocycles. The fourth-order valence-corrected chi connectivity index (χ4v) is 2.01. The van der Waals surface area contributed by atoms with Crippen molar-refractivity contribution in [2.75, 3.05) is 0 Å². The van der Waals surface area contributed by atoms with Gasteiger partial charge in [-0.1, -0.05) is 6.07 Å². The molecule has 1 aliphatic carbocycles. The first-order chi connectivity index (χ1) is 8.16. The Balaban J connectivity index is 0.00000120. The normalized spacial score (nSPS) is 14.5. The van der Waals surface area contributed by atoms with Crippen molar-refractivity contribution in [3.63, 3.8) is 0 Å². The van der Waals surface area contributed by atoms with E-state index in [1.54, 1.807) is 16.7 Å². The SMILES string of the molecule is O=C([O-])c1nc2c(F)cccc2n1CC1CC1.[Na+]. The largest absolute Gasteiger partial charge is 1.00 e. The number of carboxylic acids is 1. The predicted molar refractivity (Wildman–Crippen MR) is 56.7 cm³/mol. The average molecular weight is 256 g/mol. The van der Waals surface area contributed by atoms with E-state index in [0.29, 0.717) is 18.0 Å². The van der Waals surface area contributed by atoms with Crippen molar-refractivity contribution in [3.05, 3.63) is 29.8 Å². The van der Waals surface area contributed by atoms with Gasteiger partial charge in [-0.25, -0.2) is 9.37 Å². The van der Waals surface area contributed by atoms with E-state index in [9.17, 15) is 14.3 Å². The van der Waals surface area contributed by atoms with Gasteiger partial charge in [-0.3, -0.25) is 0 Å². The zero-order valence-corrected chi connectivity index (χ0v) is 12.0. The number of nitrogens with zero attached hydrogens (tertiary/aromatic N) is 2. The summed E-state index contributed by atoms with van der Waals surface area (Å²) in [6.45, 7) is 0.573. The third-order valence-corrected chi connectivity index (χ3v) is 3.05. The summed E-state index contributed by atoms with van der Waals surface area (Å²) in [5.41, 5.74) is 0.628. The van der Waals surface area contributed by atoms with E-state index < -0.39 is 11.8 Å². The van der Waals surface area contributed by atoms with E-state index >= 15 is 0 Å². The summed E-state index contributed by atoms with van der Waals surface area (Å²) >= 11 is 0. The summed E-state index contributed by atoms with van der Waals surface area (Å²) < 4.78 is 15.1. The minimum Gasteiger partial charge on any atom is -0.542 e. The Labute approximate surface area is 125 Å². The van der Waals surface area contributed by atoms with E-state index in [2.05, 4.69) is 4.98 Å². The number of halogens is 1. The molecule has 3 rings (SSSR count). The van der Waals surface area contributed by atoms with Gasteiger partial charge in [0, 0.05) is 6.54 Å². The Hall–Kier alpha value is -0.910. The van der Waals surface area contributed by atoms with Crippen molar-refractivity contribution in [1.82, 2.24) is 9.55 Å². The number of carboxylic acid groups (broad SMARTS) is 1. The fraction of sp³-hybridized carbons (Fsp3) is 0.333. The molecule has 0 amide bonds. The molecular weight excluding hydrogens is 246 g/mol. The minimum absolute atomic E-state index is 0. The second kappa shape index (κ2) is 4.99. The van der Waals surface area contributed by atoms with Gasteiger partial charge in [0.15, 0.2) is 11.6 Å². The van der Waals surface area contributed by atoms with Crippen molar-refractivity contribution in [1.29, 1.82) is 0 Å². The Morgan fingerprint density at radius 2 is 2.22 bits per heavy atom. The van der Waals surface area contributed by atoms with Gasteiger partial charge in [-0.05, 0) is 30.9 Å². The fourth-order valence-electron chi connectivity index (χ4n) is 2.01. The topological polar surface area (TPSA) is 57.9 Å². The van der Waals surface area contributed by atoms with E-state index in [4.69, 9.17) is 0 Å². The molecule has 0 N–H and O–H groups in total. The summed E-state index contributed by atoms with van der Waals surface area (Å²) in [6, 6.07) is 4.51. The zero-order chi connectivity index (χ0) is 12.0. The van der Waals surface area contributed by atoms with Crippen LogP contribution in [0.3, 0.4) is 0 Å². The van der Waals surface area contributed by atoms with Crippen LogP contribution >= 0.6 is 0 Å². The first-order valence-electron chi connectivity index (χ1n) is 5.53. The van der Waals surface area contributed by atoms with Crippen LogP contribution in [0.2, 0.25) is 0 Å². The third-order valence-electron chi connectivity index (χ3n) is 3.05. The number of carbonyl (C=O) groups excluding carboxylic acids is 1. The molecule has 88 valence electrons. The molecule has 0 spiro atoms. The van der Waals surface area contributed by atoms with Crippen LogP contribution < -0.4 is 34.7 Å². The molecule has 0 unspecified atom stereocenters. The van der Waals surface area contributed by atoms with Crippen LogP contribution in [0.4, 0.5) is 4.39 Å². The summed E-state index contributed by atoms with van der Waals surface area (Å²) in [4.78, 5) is 14.8. The smallest absolute Gasteiger partial charge is 0.542 e. The number of fused-ring (bicyclic) bond motifs is 1. The maximum atomic E-state index is 13.5. The quantitative estimate of drug-likeness (QED) is 0.594. The van der Waals surface area contributed by atoms with Crippen molar-refractivity contribution in [3.8, 4) is 0 Å². The van der Waals surface area contributed by atoms with Crippen molar-refractivity contribution < 1.29 is 43.8 Å². The number of carbonyl (C=O) groups is 1. The van der Waals surface area contributed by atoms with Crippen LogP contribution in [0.15, 0.2) is 18.2 Å². The first-order valence-corrected chi connectivity index (χ1v) is 5.53. The standard InChI is InChI=1S/C12H11FN2O2.Na/c13-8-2-1-3-9-10(8)14-11(12(16)17)15(9)6-7-4-5-7;/h1-3,7H,4-6H2,(H,16,17);/q;+1/p-1. The second-order valence-electron chi connectivity index (χ2n) is 4.38. The number of benzene rings is 1. The first kappa shape index (κ1) is 13.5. The molecule has 1 saturated carbocycles. The molecule has 1 aromatic heterocycles. The molecule has 0 aliphatic heterocycles. The van der Waals surface area contributed by atoms with Gasteiger partial charge >= 0.3 is 29.6 Å². The monoisotopic (exact) mass is 256 g/mol. The molecule has 2 aromatic rings. The molecule has 1 fully saturated rings. The Morgan fingerprint density at radius 1 is 1.50 bits per heavy atom. The maximum absolute atomic E-state index is 13.5. The summed E-state index contributed by atoms with van der Waals surface area (Å²) in [5.74, 6) is -1.56. The number of hydrogen-bond donors (Lipinski definition) is 0. The van der Waals surface area contributed by atoms with Crippen molar-refractivity contribution in [2.24, 2.45) is 5.92 Å². The van der Waals surface area contributed by atoms with Crippen molar-refractivity contribution >= 4 is 17.0 Å². The van der Waals surface area contributed by atoms with Gasteiger partial charge in [-0.15, -0.1) is 0 Å². The van der Waals surface area contributed by atoms with Crippen LogP contribution in [0.25, 0.3) is 11.0 Å². The number of aromatic nitrogens is 2. The Morgan fingerprint density at radius 3 is 2.83 bits per heavy atom. The Kier molecular flexibility index (Phi) is 3.75. The molecule has 1 aliphatic rings. The molecule has 1 heterocycles. The van der Waals surface area contributed by atoms with Crippen LogP contribution in [-0.2, 0) is 6.54 Å². The van der Waals surface area contributed by atoms with Crippen LogP contribution in [0.5, 0.6) is 0 Å². The molecule has 0 radical (unpaired) electrons. The third kappa shape index (κ3) is 2.30. The van der Waals surface area contributed by atoms with E-state index in [1.807, 2.05) is 0 Å². The Bertz CT molecular complexity index is 607. The summed E-state index contributed by atoms with van der Waals surface area (Å²) in [6.07, 6.45) is 2.17. The summed E-state index contributed by atoms with van der Waals surface area (Å²) in [5, 5.41) is 11.0. The molecule has 4 nitrogen and oxygen atoms in total. The molecule has 0 bridgehead atoms. The van der Waals surface area contributed by atoms with Crippen molar-refractivity contribution in [2.45, 2.75) is 19.4 Å². The van der Waals surface area contributed by atoms with Gasteiger partial charge in [0.05, 0.1) is 5.52 Å². The van der Waals surface area contributed by atoms with Crippen LogP contribution in [-0.4, -0.2) is 15.5 Å². The number of para-hydroxylation sites is 1. The molecule has 1 aromatic carbocycles. The molecule has 0 atom stereocenters. The van der Waals surface area contributed by atoms with E-state index in [0.717, 1.165) is 12.8 Å². The predicted octanol–water partition coefficient (Wildman–Crippen LogP) is -2.05. The van der Waals surface area contributed by atoms with Gasteiger partial charge in [0.2, 0.25) is 0 Å². The molecule has 18 heavy (non-hydrogen) atoms. The van der Waals surface area contributed by atoms with Gasteiger partial charge < -0.3 is 14.5 Å². The zero-order valence-electron chi connectivity index (χ0n) is 10.0. The van der Waals surface area contributed by atoms with Crippen LogP contribution in [0, 0.1) is 11.7 Å². The second-order valence-corrected chi connectivity index (χ2v) is 4.38. The van der Waals surface area contributed by atoms with E-state index in [1.165, 1.54) is 6.07 Å². The van der Waals surface area contributed by atoms with Crippen LogP contribution in [0.1, 0.15) is 23.5 Å². The summed E-state index contributed by atoms with van der Waals surface area (Å²) in [7, 11) is 0. The number of hydrogen-bond acceptors (Lipinski definition) is 3.